The minimum absolute atomic E-state index is 0.0257. The molecule has 0 aliphatic rings. The van der Waals surface area contributed by atoms with Crippen LogP contribution in [0.5, 0.6) is 0 Å². The average molecular weight is 344 g/mol. The largest absolute Gasteiger partial charge is 0.463 e. The van der Waals surface area contributed by atoms with Crippen molar-refractivity contribution in [3.63, 3.8) is 0 Å². The van der Waals surface area contributed by atoms with Crippen LogP contribution in [0.3, 0.4) is 0 Å². The molecule has 0 aromatic heterocycles. The van der Waals surface area contributed by atoms with Gasteiger partial charge in [0.1, 0.15) is 6.61 Å². The number of aliphatic hydroxyl groups is 1. The molecule has 1 atom stereocenters. The normalized spacial score (nSPS) is 13.6. The van der Waals surface area contributed by atoms with Crippen LogP contribution in [-0.2, 0) is 19.6 Å². The summed E-state index contributed by atoms with van der Waals surface area (Å²) in [4.78, 5) is 11.9. The van der Waals surface area contributed by atoms with Crippen molar-refractivity contribution in [2.75, 3.05) is 13.2 Å². The van der Waals surface area contributed by atoms with Gasteiger partial charge in [-0.15, -0.1) is 0 Å². The summed E-state index contributed by atoms with van der Waals surface area (Å²) in [7, 11) is -4.21. The Morgan fingerprint density at radius 2 is 1.83 bits per heavy atom. The highest BCUT2D eigenvalue weighted by Crippen LogP contribution is 2.35. The van der Waals surface area contributed by atoms with Crippen molar-refractivity contribution in [1.82, 2.24) is 0 Å². The van der Waals surface area contributed by atoms with Gasteiger partial charge in [0.2, 0.25) is 0 Å². The van der Waals surface area contributed by atoms with E-state index in [-0.39, 0.29) is 30.0 Å². The first-order chi connectivity index (χ1) is 10.6. The molecule has 130 valence electrons. The summed E-state index contributed by atoms with van der Waals surface area (Å²) in [5.41, 5.74) is 0.167. The predicted molar refractivity (Wildman–Crippen MR) is 85.7 cm³/mol. The number of rotatable bonds is 8. The number of carbonyl (C=O) groups excluding carboxylic acids is 1. The zero-order valence-electron chi connectivity index (χ0n) is 13.7. The molecule has 2 N–H and O–H groups in total. The maximum absolute atomic E-state index is 12.0. The first kappa shape index (κ1) is 19.6. The van der Waals surface area contributed by atoms with Gasteiger partial charge in [0.15, 0.2) is 0 Å². The average Bonchev–Trinajstić information content (AvgIpc) is 2.49. The molecule has 1 rings (SSSR count). The molecule has 0 aliphatic carbocycles. The number of hydrogen-bond acceptors (Lipinski definition) is 5. The van der Waals surface area contributed by atoms with Gasteiger partial charge in [-0.3, -0.25) is 9.35 Å². The molecule has 7 heteroatoms. The van der Waals surface area contributed by atoms with Gasteiger partial charge >= 0.3 is 5.97 Å². The second-order valence-corrected chi connectivity index (χ2v) is 7.52. The first-order valence-electron chi connectivity index (χ1n) is 7.47. The molecule has 1 aromatic rings. The van der Waals surface area contributed by atoms with E-state index in [1.807, 2.05) is 6.92 Å². The van der Waals surface area contributed by atoms with Crippen molar-refractivity contribution in [1.29, 1.82) is 0 Å². The fourth-order valence-electron chi connectivity index (χ4n) is 2.44. The van der Waals surface area contributed by atoms with Crippen LogP contribution in [0.2, 0.25) is 0 Å². The molecule has 1 aromatic carbocycles. The molecule has 6 nitrogen and oxygen atoms in total. The maximum atomic E-state index is 12.0. The first-order valence-corrected chi connectivity index (χ1v) is 8.91. The van der Waals surface area contributed by atoms with Crippen molar-refractivity contribution >= 4 is 16.1 Å². The third-order valence-corrected chi connectivity index (χ3v) is 4.64. The zero-order valence-corrected chi connectivity index (χ0v) is 14.5. The van der Waals surface area contributed by atoms with Gasteiger partial charge in [0.05, 0.1) is 16.9 Å². The van der Waals surface area contributed by atoms with E-state index in [0.717, 1.165) is 12.0 Å². The SMILES string of the molecule is CCC(CC(C)(C)C(=O)OCCO)c1ccc(S(=O)(=O)O)cc1. The quantitative estimate of drug-likeness (QED) is 0.555. The summed E-state index contributed by atoms with van der Waals surface area (Å²) < 4.78 is 36.2. The number of carbonyl (C=O) groups is 1. The fraction of sp³-hybridized carbons (Fsp3) is 0.562. The van der Waals surface area contributed by atoms with Crippen LogP contribution in [0, 0.1) is 5.41 Å². The summed E-state index contributed by atoms with van der Waals surface area (Å²) >= 11 is 0. The van der Waals surface area contributed by atoms with Crippen molar-refractivity contribution in [2.24, 2.45) is 5.41 Å². The van der Waals surface area contributed by atoms with Crippen LogP contribution in [0.25, 0.3) is 0 Å². The molecular formula is C16H24O6S. The summed E-state index contributed by atoms with van der Waals surface area (Å²) in [5, 5.41) is 8.73. The van der Waals surface area contributed by atoms with E-state index in [1.165, 1.54) is 12.1 Å². The molecule has 0 fully saturated rings. The maximum Gasteiger partial charge on any atom is 0.311 e. The lowest BCUT2D eigenvalue weighted by atomic mass is 9.79. The Labute approximate surface area is 137 Å². The lowest BCUT2D eigenvalue weighted by molar-refractivity contribution is -0.155. The molecule has 0 saturated heterocycles. The van der Waals surface area contributed by atoms with E-state index in [0.29, 0.717) is 6.42 Å². The minimum Gasteiger partial charge on any atom is -0.463 e. The molecule has 0 amide bonds. The molecule has 0 radical (unpaired) electrons. The summed E-state index contributed by atoms with van der Waals surface area (Å²) in [6.07, 6.45) is 1.29. The van der Waals surface area contributed by atoms with Gasteiger partial charge in [0, 0.05) is 0 Å². The molecular weight excluding hydrogens is 320 g/mol. The van der Waals surface area contributed by atoms with Gasteiger partial charge in [0.25, 0.3) is 10.1 Å². The molecule has 0 heterocycles. The summed E-state index contributed by atoms with van der Waals surface area (Å²) in [6, 6.07) is 5.99. The highest BCUT2D eigenvalue weighted by molar-refractivity contribution is 7.85. The number of aliphatic hydroxyl groups excluding tert-OH is 1. The van der Waals surface area contributed by atoms with Crippen molar-refractivity contribution < 1.29 is 27.6 Å². The highest BCUT2D eigenvalue weighted by Gasteiger charge is 2.32. The van der Waals surface area contributed by atoms with Crippen LogP contribution >= 0.6 is 0 Å². The van der Waals surface area contributed by atoms with E-state index in [9.17, 15) is 13.2 Å². The van der Waals surface area contributed by atoms with E-state index in [4.69, 9.17) is 14.4 Å². The number of hydrogen-bond donors (Lipinski definition) is 2. The van der Waals surface area contributed by atoms with E-state index in [1.54, 1.807) is 26.0 Å². The van der Waals surface area contributed by atoms with Gasteiger partial charge in [-0.1, -0.05) is 19.1 Å². The van der Waals surface area contributed by atoms with Gasteiger partial charge in [-0.25, -0.2) is 0 Å². The van der Waals surface area contributed by atoms with Crippen LogP contribution < -0.4 is 0 Å². The number of esters is 1. The predicted octanol–water partition coefficient (Wildman–Crippen LogP) is 2.38. The van der Waals surface area contributed by atoms with Crippen molar-refractivity contribution in [3.05, 3.63) is 29.8 Å². The highest BCUT2D eigenvalue weighted by atomic mass is 32.2. The summed E-state index contributed by atoms with van der Waals surface area (Å²) in [5.74, 6) is -0.332. The monoisotopic (exact) mass is 344 g/mol. The van der Waals surface area contributed by atoms with Gasteiger partial charge in [-0.2, -0.15) is 8.42 Å². The van der Waals surface area contributed by atoms with Crippen LogP contribution in [0.15, 0.2) is 29.2 Å². The second kappa shape index (κ2) is 7.90. The molecule has 0 saturated carbocycles. The lowest BCUT2D eigenvalue weighted by Crippen LogP contribution is -2.29. The molecule has 23 heavy (non-hydrogen) atoms. The Bertz CT molecular complexity index is 618. The molecule has 0 aliphatic heterocycles. The van der Waals surface area contributed by atoms with Gasteiger partial charge < -0.3 is 9.84 Å². The topological polar surface area (TPSA) is 101 Å². The smallest absolute Gasteiger partial charge is 0.311 e. The van der Waals surface area contributed by atoms with Gasteiger partial charge in [-0.05, 0) is 50.3 Å². The number of ether oxygens (including phenoxy) is 1. The Balaban J connectivity index is 2.90. The third kappa shape index (κ3) is 5.60. The fourth-order valence-corrected chi connectivity index (χ4v) is 2.92. The zero-order chi connectivity index (χ0) is 17.7. The molecule has 0 spiro atoms. The summed E-state index contributed by atoms with van der Waals surface area (Å²) in [6.45, 7) is 5.30. The minimum atomic E-state index is -4.21. The van der Waals surface area contributed by atoms with E-state index >= 15 is 0 Å². The standard InChI is InChI=1S/C16H24O6S/c1-4-12(11-16(2,3)15(18)22-10-9-17)13-5-7-14(8-6-13)23(19,20)21/h5-8,12,17H,4,9-11H2,1-3H3,(H,19,20,21). The Morgan fingerprint density at radius 3 is 2.26 bits per heavy atom. The second-order valence-electron chi connectivity index (χ2n) is 6.10. The van der Waals surface area contributed by atoms with Crippen LogP contribution in [-0.4, -0.2) is 37.3 Å². The lowest BCUT2D eigenvalue weighted by Gasteiger charge is -2.27. The van der Waals surface area contributed by atoms with Crippen LogP contribution in [0.4, 0.5) is 0 Å². The van der Waals surface area contributed by atoms with Crippen LogP contribution in [0.1, 0.15) is 45.1 Å². The van der Waals surface area contributed by atoms with Crippen molar-refractivity contribution in [3.8, 4) is 0 Å². The van der Waals surface area contributed by atoms with E-state index in [2.05, 4.69) is 0 Å². The Morgan fingerprint density at radius 1 is 1.26 bits per heavy atom. The molecule has 1 unspecified atom stereocenters. The number of benzene rings is 1. The molecule has 0 bridgehead atoms. The Hall–Kier alpha value is -1.44. The third-order valence-electron chi connectivity index (χ3n) is 3.78. The van der Waals surface area contributed by atoms with E-state index < -0.39 is 15.5 Å². The van der Waals surface area contributed by atoms with Crippen molar-refractivity contribution in [2.45, 2.75) is 44.4 Å². The Kier molecular flexibility index (Phi) is 6.73.